The number of nitrogens with zero attached hydrogens (tertiary/aromatic N) is 2. The third kappa shape index (κ3) is 2.05. The first kappa shape index (κ1) is 13.5. The van der Waals surface area contributed by atoms with Crippen LogP contribution in [0.15, 0.2) is 0 Å². The lowest BCUT2D eigenvalue weighted by atomic mass is 9.84. The Labute approximate surface area is 120 Å². The van der Waals surface area contributed by atoms with E-state index < -0.39 is 0 Å². The maximum absolute atomic E-state index is 4.60. The minimum absolute atomic E-state index is 0.290. The Balaban J connectivity index is 1.88. The smallest absolute Gasteiger partial charge is 0.0900 e. The van der Waals surface area contributed by atoms with E-state index in [0.717, 1.165) is 11.8 Å². The fraction of sp³-hybridized carbons (Fsp3) is 0.800. The molecule has 106 valence electrons. The van der Waals surface area contributed by atoms with Gasteiger partial charge in [-0.1, -0.05) is 0 Å². The number of rotatable bonds is 2. The summed E-state index contributed by atoms with van der Waals surface area (Å²) in [7, 11) is 0. The van der Waals surface area contributed by atoms with E-state index in [4.69, 9.17) is 0 Å². The van der Waals surface area contributed by atoms with Crippen molar-refractivity contribution in [3.63, 3.8) is 0 Å². The van der Waals surface area contributed by atoms with Gasteiger partial charge in [0.05, 0.1) is 10.7 Å². The van der Waals surface area contributed by atoms with Gasteiger partial charge in [-0.25, -0.2) is 4.98 Å². The van der Waals surface area contributed by atoms with Gasteiger partial charge in [0, 0.05) is 29.5 Å². The lowest BCUT2D eigenvalue weighted by molar-refractivity contribution is 0.0983. The second-order valence-corrected chi connectivity index (χ2v) is 7.92. The number of fused-ring (bicyclic) bond motifs is 1. The molecule has 2 saturated heterocycles. The molecule has 3 atom stereocenters. The minimum Gasteiger partial charge on any atom is -0.316 e. The van der Waals surface area contributed by atoms with Crippen molar-refractivity contribution in [1.82, 2.24) is 15.2 Å². The summed E-state index contributed by atoms with van der Waals surface area (Å²) in [5.74, 6) is 1.62. The summed E-state index contributed by atoms with van der Waals surface area (Å²) in [5.41, 5.74) is 1.51. The standard InChI is InChI=1S/C15H25N3S/c1-9-14(19-11(3)17-9)10(2)18-8-12-6-16-7-13(12)15(18,4)5/h10,12-13,16H,6-8H2,1-5H3. The van der Waals surface area contributed by atoms with E-state index in [1.165, 1.54) is 35.2 Å². The van der Waals surface area contributed by atoms with Gasteiger partial charge in [-0.3, -0.25) is 4.90 Å². The molecule has 0 saturated carbocycles. The third-order valence-electron chi connectivity index (χ3n) is 5.21. The van der Waals surface area contributed by atoms with Crippen LogP contribution in [0, 0.1) is 25.7 Å². The van der Waals surface area contributed by atoms with Crippen molar-refractivity contribution in [2.24, 2.45) is 11.8 Å². The summed E-state index contributed by atoms with van der Waals surface area (Å²) in [5, 5.41) is 4.75. The fourth-order valence-corrected chi connectivity index (χ4v) is 5.18. The third-order valence-corrected chi connectivity index (χ3v) is 6.45. The zero-order chi connectivity index (χ0) is 13.8. The van der Waals surface area contributed by atoms with Crippen molar-refractivity contribution in [3.8, 4) is 0 Å². The zero-order valence-corrected chi connectivity index (χ0v) is 13.5. The molecular weight excluding hydrogens is 254 g/mol. The largest absolute Gasteiger partial charge is 0.316 e. The van der Waals surface area contributed by atoms with Crippen molar-refractivity contribution in [3.05, 3.63) is 15.6 Å². The van der Waals surface area contributed by atoms with Gasteiger partial charge in [0.15, 0.2) is 0 Å². The van der Waals surface area contributed by atoms with Gasteiger partial charge in [-0.2, -0.15) is 0 Å². The number of nitrogens with one attached hydrogen (secondary N) is 1. The number of hydrogen-bond donors (Lipinski definition) is 1. The molecule has 0 radical (unpaired) electrons. The first-order chi connectivity index (χ1) is 8.91. The van der Waals surface area contributed by atoms with Crippen molar-refractivity contribution >= 4 is 11.3 Å². The number of aromatic nitrogens is 1. The molecule has 0 aromatic carbocycles. The average Bonchev–Trinajstić information content (AvgIpc) is 2.96. The van der Waals surface area contributed by atoms with Gasteiger partial charge in [0.2, 0.25) is 0 Å². The molecule has 1 N–H and O–H groups in total. The normalized spacial score (nSPS) is 31.6. The van der Waals surface area contributed by atoms with E-state index in [-0.39, 0.29) is 5.54 Å². The summed E-state index contributed by atoms with van der Waals surface area (Å²) in [6, 6.07) is 0.492. The van der Waals surface area contributed by atoms with Gasteiger partial charge in [0.25, 0.3) is 0 Å². The van der Waals surface area contributed by atoms with Gasteiger partial charge in [-0.15, -0.1) is 11.3 Å². The van der Waals surface area contributed by atoms with Crippen molar-refractivity contribution in [1.29, 1.82) is 0 Å². The number of thiazole rings is 1. The molecule has 1 aromatic rings. The predicted octanol–water partition coefficient (Wildman–Crippen LogP) is 2.75. The number of hydrogen-bond acceptors (Lipinski definition) is 4. The highest BCUT2D eigenvalue weighted by molar-refractivity contribution is 7.11. The average molecular weight is 279 g/mol. The van der Waals surface area contributed by atoms with Gasteiger partial charge < -0.3 is 5.32 Å². The Morgan fingerprint density at radius 2 is 2.11 bits per heavy atom. The first-order valence-corrected chi connectivity index (χ1v) is 8.14. The summed E-state index contributed by atoms with van der Waals surface area (Å²) in [4.78, 5) is 8.77. The molecule has 19 heavy (non-hydrogen) atoms. The van der Waals surface area contributed by atoms with E-state index in [1.54, 1.807) is 0 Å². The SMILES string of the molecule is Cc1nc(C)c(C(C)N2CC3CNCC3C2(C)C)s1. The molecule has 0 amide bonds. The Morgan fingerprint density at radius 1 is 1.37 bits per heavy atom. The van der Waals surface area contributed by atoms with E-state index in [1.807, 2.05) is 11.3 Å². The van der Waals surface area contributed by atoms with Crippen molar-refractivity contribution in [2.75, 3.05) is 19.6 Å². The fourth-order valence-electron chi connectivity index (χ4n) is 4.19. The van der Waals surface area contributed by atoms with E-state index in [0.29, 0.717) is 6.04 Å². The Bertz CT molecular complexity index is 480. The van der Waals surface area contributed by atoms with Crippen LogP contribution in [-0.4, -0.2) is 35.1 Å². The topological polar surface area (TPSA) is 28.2 Å². The van der Waals surface area contributed by atoms with Gasteiger partial charge in [-0.05, 0) is 53.0 Å². The molecule has 3 unspecified atom stereocenters. The highest BCUT2D eigenvalue weighted by atomic mass is 32.1. The van der Waals surface area contributed by atoms with Crippen LogP contribution in [-0.2, 0) is 0 Å². The molecule has 0 aliphatic carbocycles. The molecule has 2 aliphatic heterocycles. The molecule has 2 aliphatic rings. The quantitative estimate of drug-likeness (QED) is 0.902. The lowest BCUT2D eigenvalue weighted by Gasteiger charge is -2.39. The molecule has 1 aromatic heterocycles. The highest BCUT2D eigenvalue weighted by Gasteiger charge is 2.51. The van der Waals surface area contributed by atoms with Gasteiger partial charge >= 0.3 is 0 Å². The van der Waals surface area contributed by atoms with Crippen LogP contribution < -0.4 is 5.32 Å². The first-order valence-electron chi connectivity index (χ1n) is 7.32. The highest BCUT2D eigenvalue weighted by Crippen LogP contribution is 2.45. The molecule has 3 nitrogen and oxygen atoms in total. The molecular formula is C15H25N3S. The summed E-state index contributed by atoms with van der Waals surface area (Å²) in [6.07, 6.45) is 0. The van der Waals surface area contributed by atoms with E-state index in [2.05, 4.69) is 49.8 Å². The molecule has 3 heterocycles. The van der Waals surface area contributed by atoms with Crippen LogP contribution in [0.2, 0.25) is 0 Å². The summed E-state index contributed by atoms with van der Waals surface area (Å²) < 4.78 is 0. The Kier molecular flexibility index (Phi) is 3.23. The minimum atomic E-state index is 0.290. The Morgan fingerprint density at radius 3 is 2.68 bits per heavy atom. The van der Waals surface area contributed by atoms with Crippen LogP contribution in [0.4, 0.5) is 0 Å². The van der Waals surface area contributed by atoms with E-state index >= 15 is 0 Å². The molecule has 2 fully saturated rings. The molecule has 4 heteroatoms. The predicted molar refractivity (Wildman–Crippen MR) is 80.6 cm³/mol. The summed E-state index contributed by atoms with van der Waals surface area (Å²) >= 11 is 1.87. The lowest BCUT2D eigenvalue weighted by Crippen LogP contribution is -2.45. The second-order valence-electron chi connectivity index (χ2n) is 6.69. The van der Waals surface area contributed by atoms with Crippen LogP contribution in [0.25, 0.3) is 0 Å². The van der Waals surface area contributed by atoms with Crippen molar-refractivity contribution in [2.45, 2.75) is 46.2 Å². The van der Waals surface area contributed by atoms with Gasteiger partial charge in [0.1, 0.15) is 0 Å². The maximum atomic E-state index is 4.60. The van der Waals surface area contributed by atoms with Crippen LogP contribution in [0.1, 0.15) is 42.4 Å². The molecule has 3 rings (SSSR count). The number of likely N-dealkylation sites (tertiary alicyclic amines) is 1. The van der Waals surface area contributed by atoms with Crippen molar-refractivity contribution < 1.29 is 0 Å². The second kappa shape index (κ2) is 4.54. The maximum Gasteiger partial charge on any atom is 0.0900 e. The summed E-state index contributed by atoms with van der Waals surface area (Å²) in [6.45, 7) is 15.1. The van der Waals surface area contributed by atoms with Crippen LogP contribution in [0.3, 0.4) is 0 Å². The molecule has 0 bridgehead atoms. The zero-order valence-electron chi connectivity index (χ0n) is 12.7. The number of aryl methyl sites for hydroxylation is 2. The Hall–Kier alpha value is -0.450. The van der Waals surface area contributed by atoms with Crippen LogP contribution >= 0.6 is 11.3 Å². The monoisotopic (exact) mass is 279 g/mol. The molecule has 0 spiro atoms. The van der Waals surface area contributed by atoms with E-state index in [9.17, 15) is 0 Å². The van der Waals surface area contributed by atoms with Crippen LogP contribution in [0.5, 0.6) is 0 Å².